The van der Waals surface area contributed by atoms with Crippen molar-refractivity contribution in [1.82, 2.24) is 5.32 Å². The molecule has 0 fully saturated rings. The van der Waals surface area contributed by atoms with E-state index in [1.165, 1.54) is 0 Å². The zero-order valence-corrected chi connectivity index (χ0v) is 8.20. The maximum absolute atomic E-state index is 11.4. The zero-order valence-electron chi connectivity index (χ0n) is 8.20. The predicted molar refractivity (Wildman–Crippen MR) is 54.6 cm³/mol. The fourth-order valence-corrected chi connectivity index (χ4v) is 1.16. The number of aryl methyl sites for hydroxylation is 1. The lowest BCUT2D eigenvalue weighted by Gasteiger charge is -2.03. The second-order valence-electron chi connectivity index (χ2n) is 2.95. The Hall–Kier alpha value is -1.71. The van der Waals surface area contributed by atoms with Gasteiger partial charge < -0.3 is 5.32 Å². The molecule has 0 unspecified atom stereocenters. The molecule has 0 bridgehead atoms. The Labute approximate surface area is 82.3 Å². The lowest BCUT2D eigenvalue weighted by molar-refractivity contribution is 0.0956. The Morgan fingerprint density at radius 3 is 2.71 bits per heavy atom. The van der Waals surface area contributed by atoms with Crippen molar-refractivity contribution >= 4 is 11.6 Å². The van der Waals surface area contributed by atoms with E-state index in [1.807, 2.05) is 6.92 Å². The summed E-state index contributed by atoms with van der Waals surface area (Å²) in [6, 6.07) is 4.80. The van der Waals surface area contributed by atoms with Crippen molar-refractivity contribution < 1.29 is 4.79 Å². The van der Waals surface area contributed by atoms with E-state index in [2.05, 4.69) is 10.5 Å². The highest BCUT2D eigenvalue weighted by atomic mass is 16.3. The molecule has 0 heterocycles. The first-order valence-electron chi connectivity index (χ1n) is 4.41. The first-order chi connectivity index (χ1) is 6.69. The molecule has 0 atom stereocenters. The van der Waals surface area contributed by atoms with Crippen LogP contribution in [0, 0.1) is 11.8 Å². The summed E-state index contributed by atoms with van der Waals surface area (Å²) < 4.78 is 0. The van der Waals surface area contributed by atoms with Gasteiger partial charge in [0.2, 0.25) is 0 Å². The highest BCUT2D eigenvalue weighted by Crippen LogP contribution is 2.18. The summed E-state index contributed by atoms with van der Waals surface area (Å²) >= 11 is 0. The minimum absolute atomic E-state index is 0.131. The minimum atomic E-state index is -0.131. The predicted octanol–water partition coefficient (Wildman–Crippen LogP) is 2.14. The third kappa shape index (κ3) is 2.16. The molecule has 1 rings (SSSR count). The highest BCUT2D eigenvalue weighted by molar-refractivity contribution is 5.94. The normalized spacial score (nSPS) is 9.57. The van der Waals surface area contributed by atoms with Gasteiger partial charge in [0.1, 0.15) is 5.69 Å². The van der Waals surface area contributed by atoms with Crippen LogP contribution >= 0.6 is 0 Å². The van der Waals surface area contributed by atoms with Crippen LogP contribution in [0.15, 0.2) is 23.4 Å². The van der Waals surface area contributed by atoms with Crippen molar-refractivity contribution in [3.63, 3.8) is 0 Å². The second-order valence-corrected chi connectivity index (χ2v) is 2.95. The van der Waals surface area contributed by atoms with E-state index in [9.17, 15) is 9.70 Å². The summed E-state index contributed by atoms with van der Waals surface area (Å²) in [5.74, 6) is -0.131. The van der Waals surface area contributed by atoms with Gasteiger partial charge in [-0.3, -0.25) is 4.79 Å². The molecule has 14 heavy (non-hydrogen) atoms. The summed E-state index contributed by atoms with van der Waals surface area (Å²) in [4.78, 5) is 21.7. The Kier molecular flexibility index (Phi) is 3.34. The molecule has 4 heteroatoms. The third-order valence-electron chi connectivity index (χ3n) is 1.89. The van der Waals surface area contributed by atoms with Gasteiger partial charge in [-0.05, 0) is 42.8 Å². The van der Waals surface area contributed by atoms with Crippen LogP contribution in [0.2, 0.25) is 0 Å². The van der Waals surface area contributed by atoms with E-state index in [0.717, 1.165) is 0 Å². The molecular weight excluding hydrogens is 180 g/mol. The van der Waals surface area contributed by atoms with E-state index in [0.29, 0.717) is 23.4 Å². The Bertz CT molecular complexity index is 361. The fourth-order valence-electron chi connectivity index (χ4n) is 1.16. The van der Waals surface area contributed by atoms with Crippen molar-refractivity contribution in [3.8, 4) is 0 Å². The number of hydrogen-bond donors (Lipinski definition) is 1. The lowest BCUT2D eigenvalue weighted by Crippen LogP contribution is -2.22. The van der Waals surface area contributed by atoms with Gasteiger partial charge in [-0.15, -0.1) is 4.91 Å². The van der Waals surface area contributed by atoms with Crippen molar-refractivity contribution in [2.75, 3.05) is 6.54 Å². The number of nitroso groups, excluding NO2 is 1. The maximum Gasteiger partial charge on any atom is 0.251 e. The van der Waals surface area contributed by atoms with Crippen LogP contribution in [0.3, 0.4) is 0 Å². The monoisotopic (exact) mass is 192 g/mol. The summed E-state index contributed by atoms with van der Waals surface area (Å²) in [6.07, 6.45) is 0. The number of carbonyl (C=O) groups is 1. The van der Waals surface area contributed by atoms with E-state index < -0.39 is 0 Å². The Morgan fingerprint density at radius 1 is 1.50 bits per heavy atom. The third-order valence-corrected chi connectivity index (χ3v) is 1.89. The number of nitrogens with zero attached hydrogens (tertiary/aromatic N) is 1. The minimum Gasteiger partial charge on any atom is -0.352 e. The molecular formula is C10H12N2O2. The average molecular weight is 192 g/mol. The molecule has 0 aliphatic carbocycles. The summed E-state index contributed by atoms with van der Waals surface area (Å²) in [5.41, 5.74) is 1.64. The SMILES string of the molecule is CCNC(=O)c1ccc(N=O)c(C)c1. The molecule has 74 valence electrons. The van der Waals surface area contributed by atoms with Crippen LogP contribution in [0.1, 0.15) is 22.8 Å². The molecule has 0 saturated heterocycles. The van der Waals surface area contributed by atoms with Crippen molar-refractivity contribution in [3.05, 3.63) is 34.2 Å². The molecule has 4 nitrogen and oxygen atoms in total. The highest BCUT2D eigenvalue weighted by Gasteiger charge is 2.06. The fraction of sp³-hybridized carbons (Fsp3) is 0.300. The average Bonchev–Trinajstić information content (AvgIpc) is 2.18. The first kappa shape index (κ1) is 10.4. The summed E-state index contributed by atoms with van der Waals surface area (Å²) in [5, 5.41) is 5.51. The van der Waals surface area contributed by atoms with Crippen LogP contribution < -0.4 is 5.32 Å². The molecule has 1 aromatic rings. The largest absolute Gasteiger partial charge is 0.352 e. The Balaban J connectivity index is 2.96. The molecule has 0 aliphatic rings. The summed E-state index contributed by atoms with van der Waals surface area (Å²) in [7, 11) is 0. The molecule has 1 N–H and O–H groups in total. The molecule has 0 aromatic heterocycles. The molecule has 1 amide bonds. The van der Waals surface area contributed by atoms with E-state index in [4.69, 9.17) is 0 Å². The van der Waals surface area contributed by atoms with Crippen molar-refractivity contribution in [2.24, 2.45) is 5.18 Å². The van der Waals surface area contributed by atoms with Crippen LogP contribution in [-0.4, -0.2) is 12.5 Å². The smallest absolute Gasteiger partial charge is 0.251 e. The molecule has 1 aromatic carbocycles. The molecule has 0 saturated carbocycles. The molecule has 0 radical (unpaired) electrons. The number of carbonyl (C=O) groups excluding carboxylic acids is 1. The number of amides is 1. The van der Waals surface area contributed by atoms with Gasteiger partial charge in [-0.1, -0.05) is 0 Å². The van der Waals surface area contributed by atoms with Crippen LogP contribution in [-0.2, 0) is 0 Å². The van der Waals surface area contributed by atoms with E-state index >= 15 is 0 Å². The number of hydrogen-bond acceptors (Lipinski definition) is 3. The van der Waals surface area contributed by atoms with Crippen molar-refractivity contribution in [1.29, 1.82) is 0 Å². The lowest BCUT2D eigenvalue weighted by atomic mass is 10.1. The van der Waals surface area contributed by atoms with Crippen LogP contribution in [0.5, 0.6) is 0 Å². The maximum atomic E-state index is 11.4. The zero-order chi connectivity index (χ0) is 10.6. The van der Waals surface area contributed by atoms with Crippen LogP contribution in [0.25, 0.3) is 0 Å². The van der Waals surface area contributed by atoms with Gasteiger partial charge in [0.25, 0.3) is 5.91 Å². The van der Waals surface area contributed by atoms with Gasteiger partial charge in [-0.25, -0.2) is 0 Å². The molecule has 0 spiro atoms. The van der Waals surface area contributed by atoms with Crippen molar-refractivity contribution in [2.45, 2.75) is 13.8 Å². The Morgan fingerprint density at radius 2 is 2.21 bits per heavy atom. The topological polar surface area (TPSA) is 58.5 Å². The number of benzene rings is 1. The first-order valence-corrected chi connectivity index (χ1v) is 4.41. The number of nitrogens with one attached hydrogen (secondary N) is 1. The molecule has 0 aliphatic heterocycles. The van der Waals surface area contributed by atoms with E-state index in [1.54, 1.807) is 25.1 Å². The van der Waals surface area contributed by atoms with Gasteiger partial charge in [-0.2, -0.15) is 0 Å². The standard InChI is InChI=1S/C10H12N2O2/c1-3-11-10(13)8-4-5-9(12-14)7(2)6-8/h4-6H,3H2,1-2H3,(H,11,13). The number of rotatable bonds is 3. The second kappa shape index (κ2) is 4.50. The quantitative estimate of drug-likeness (QED) is 0.746. The van der Waals surface area contributed by atoms with Gasteiger partial charge in [0.05, 0.1) is 0 Å². The van der Waals surface area contributed by atoms with Crippen LogP contribution in [0.4, 0.5) is 5.69 Å². The van der Waals surface area contributed by atoms with Gasteiger partial charge in [0, 0.05) is 12.1 Å². The van der Waals surface area contributed by atoms with Gasteiger partial charge in [0.15, 0.2) is 0 Å². The van der Waals surface area contributed by atoms with E-state index in [-0.39, 0.29) is 5.91 Å². The van der Waals surface area contributed by atoms with Gasteiger partial charge >= 0.3 is 0 Å². The summed E-state index contributed by atoms with van der Waals surface area (Å²) in [6.45, 7) is 4.19.